The van der Waals surface area contributed by atoms with Gasteiger partial charge in [0.15, 0.2) is 0 Å². The van der Waals surface area contributed by atoms with Crippen LogP contribution >= 0.6 is 0 Å². The predicted molar refractivity (Wildman–Crippen MR) is 86.9 cm³/mol. The van der Waals surface area contributed by atoms with E-state index in [4.69, 9.17) is 4.74 Å². The molecule has 0 amide bonds. The van der Waals surface area contributed by atoms with Gasteiger partial charge in [0.05, 0.1) is 25.6 Å². The third-order valence-electron chi connectivity index (χ3n) is 4.45. The zero-order valence-electron chi connectivity index (χ0n) is 14.0. The van der Waals surface area contributed by atoms with Gasteiger partial charge in [-0.2, -0.15) is 0 Å². The Hall–Kier alpha value is -2.94. The number of pyridine rings is 1. The molecule has 0 N–H and O–H groups in total. The summed E-state index contributed by atoms with van der Waals surface area (Å²) >= 11 is 0. The molecule has 9 heteroatoms. The molecule has 0 radical (unpaired) electrons. The lowest BCUT2D eigenvalue weighted by molar-refractivity contribution is -0.603. The van der Waals surface area contributed by atoms with E-state index in [0.717, 1.165) is 36.6 Å². The smallest absolute Gasteiger partial charge is 0.440 e. The quantitative estimate of drug-likeness (QED) is 0.544. The number of aromatic nitrogens is 5. The molecule has 0 bridgehead atoms. The molecule has 1 aromatic heterocycles. The first-order valence-corrected chi connectivity index (χ1v) is 8.01. The van der Waals surface area contributed by atoms with Gasteiger partial charge in [-0.25, -0.2) is 9.36 Å². The van der Waals surface area contributed by atoms with Crippen molar-refractivity contribution in [3.63, 3.8) is 0 Å². The Labute approximate surface area is 143 Å². The second kappa shape index (κ2) is 5.85. The lowest BCUT2D eigenvalue weighted by Crippen LogP contribution is -2.37. The second-order valence-corrected chi connectivity index (χ2v) is 5.96. The fraction of sp³-hybridized carbons (Fsp3) is 0.375. The van der Waals surface area contributed by atoms with E-state index in [-0.39, 0.29) is 11.5 Å². The lowest BCUT2D eigenvalue weighted by atomic mass is 10.3. The third-order valence-corrected chi connectivity index (χ3v) is 4.45. The van der Waals surface area contributed by atoms with Gasteiger partial charge in [0.1, 0.15) is 0 Å². The molecular formula is C16H18N6O3. The highest BCUT2D eigenvalue weighted by atomic mass is 16.5. The Kier molecular flexibility index (Phi) is 3.65. The SMILES string of the molecule is Cn1c2nc(-[n+]3ccc(N4CCOCC4)cc3)nc-2c([O-])n(C)c1=O. The monoisotopic (exact) mass is 342 g/mol. The van der Waals surface area contributed by atoms with E-state index < -0.39 is 11.6 Å². The summed E-state index contributed by atoms with van der Waals surface area (Å²) in [5.74, 6) is 0.206. The number of hydrogen-bond donors (Lipinski definition) is 0. The van der Waals surface area contributed by atoms with Crippen LogP contribution in [0.1, 0.15) is 0 Å². The van der Waals surface area contributed by atoms with Crippen LogP contribution in [0.2, 0.25) is 0 Å². The highest BCUT2D eigenvalue weighted by Gasteiger charge is 2.27. The van der Waals surface area contributed by atoms with Crippen molar-refractivity contribution in [3.05, 3.63) is 35.0 Å². The number of imidazole rings is 1. The molecule has 4 rings (SSSR count). The van der Waals surface area contributed by atoms with Crippen molar-refractivity contribution in [2.24, 2.45) is 14.1 Å². The Morgan fingerprint density at radius 3 is 2.48 bits per heavy atom. The minimum Gasteiger partial charge on any atom is -0.857 e. The summed E-state index contributed by atoms with van der Waals surface area (Å²) in [6, 6.07) is 3.95. The molecule has 0 aromatic carbocycles. The van der Waals surface area contributed by atoms with Crippen LogP contribution in [0.4, 0.5) is 5.69 Å². The number of morpholine rings is 1. The van der Waals surface area contributed by atoms with Crippen molar-refractivity contribution >= 4 is 5.69 Å². The van der Waals surface area contributed by atoms with Crippen LogP contribution in [0.5, 0.6) is 5.88 Å². The van der Waals surface area contributed by atoms with Gasteiger partial charge in [0.25, 0.3) is 5.82 Å². The maximum absolute atomic E-state index is 12.2. The first-order valence-electron chi connectivity index (χ1n) is 8.01. The van der Waals surface area contributed by atoms with Gasteiger partial charge in [-0.1, -0.05) is 4.98 Å². The number of fused-ring (bicyclic) bond motifs is 1. The summed E-state index contributed by atoms with van der Waals surface area (Å²) in [7, 11) is 3.01. The van der Waals surface area contributed by atoms with Crippen molar-refractivity contribution in [2.75, 3.05) is 31.2 Å². The molecule has 1 fully saturated rings. The second-order valence-electron chi connectivity index (χ2n) is 5.96. The van der Waals surface area contributed by atoms with Crippen molar-refractivity contribution in [2.45, 2.75) is 0 Å². The van der Waals surface area contributed by atoms with Gasteiger partial charge in [-0.15, -0.1) is 0 Å². The van der Waals surface area contributed by atoms with Gasteiger partial charge in [0.2, 0.25) is 5.69 Å². The summed E-state index contributed by atoms with van der Waals surface area (Å²) < 4.78 is 9.46. The maximum atomic E-state index is 12.2. The molecule has 0 unspecified atom stereocenters. The van der Waals surface area contributed by atoms with Crippen LogP contribution < -0.4 is 20.3 Å². The van der Waals surface area contributed by atoms with E-state index >= 15 is 0 Å². The summed E-state index contributed by atoms with van der Waals surface area (Å²) in [6.07, 6.45) is 3.70. The molecule has 0 aliphatic carbocycles. The van der Waals surface area contributed by atoms with Gasteiger partial charge in [0, 0.05) is 38.8 Å². The molecule has 1 saturated heterocycles. The number of rotatable bonds is 2. The van der Waals surface area contributed by atoms with Crippen molar-refractivity contribution in [1.29, 1.82) is 0 Å². The number of ether oxygens (including phenoxy) is 1. The molecule has 4 heterocycles. The van der Waals surface area contributed by atoms with Crippen molar-refractivity contribution < 1.29 is 14.4 Å². The maximum Gasteiger partial charge on any atom is 0.440 e. The van der Waals surface area contributed by atoms with E-state index in [0.29, 0.717) is 5.95 Å². The zero-order valence-corrected chi connectivity index (χ0v) is 14.0. The summed E-state index contributed by atoms with van der Waals surface area (Å²) in [5.41, 5.74) is 0.861. The average molecular weight is 342 g/mol. The average Bonchev–Trinajstić information content (AvgIpc) is 3.11. The van der Waals surface area contributed by atoms with Crippen LogP contribution in [0.25, 0.3) is 17.5 Å². The Bertz CT molecular complexity index is 940. The van der Waals surface area contributed by atoms with Crippen LogP contribution in [-0.4, -0.2) is 45.4 Å². The van der Waals surface area contributed by atoms with Crippen LogP contribution in [0.3, 0.4) is 0 Å². The highest BCUT2D eigenvalue weighted by Crippen LogP contribution is 2.23. The van der Waals surface area contributed by atoms with E-state index in [9.17, 15) is 9.90 Å². The summed E-state index contributed by atoms with van der Waals surface area (Å²) in [5, 5.41) is 12.2. The van der Waals surface area contributed by atoms with E-state index in [2.05, 4.69) is 14.9 Å². The van der Waals surface area contributed by atoms with Crippen LogP contribution in [0, 0.1) is 0 Å². The molecule has 3 aliphatic heterocycles. The van der Waals surface area contributed by atoms with Gasteiger partial charge >= 0.3 is 11.6 Å². The van der Waals surface area contributed by atoms with Crippen molar-refractivity contribution in [3.8, 4) is 23.3 Å². The Morgan fingerprint density at radius 1 is 1.12 bits per heavy atom. The van der Waals surface area contributed by atoms with Gasteiger partial charge in [-0.05, 0) is 17.1 Å². The fourth-order valence-corrected chi connectivity index (χ4v) is 2.96. The molecule has 130 valence electrons. The number of nitrogens with zero attached hydrogens (tertiary/aromatic N) is 6. The topological polar surface area (TPSA) is 92.1 Å². The van der Waals surface area contributed by atoms with Crippen LogP contribution in [-0.2, 0) is 18.8 Å². The molecule has 25 heavy (non-hydrogen) atoms. The van der Waals surface area contributed by atoms with Crippen LogP contribution in [0.15, 0.2) is 29.3 Å². The Balaban J connectivity index is 1.73. The van der Waals surface area contributed by atoms with Gasteiger partial charge < -0.3 is 19.3 Å². The zero-order chi connectivity index (χ0) is 17.6. The lowest BCUT2D eigenvalue weighted by Gasteiger charge is -2.28. The van der Waals surface area contributed by atoms with E-state index in [1.54, 1.807) is 11.6 Å². The summed E-state index contributed by atoms with van der Waals surface area (Å²) in [4.78, 5) is 22.9. The van der Waals surface area contributed by atoms with Gasteiger partial charge in [-0.3, -0.25) is 4.57 Å². The molecule has 0 spiro atoms. The van der Waals surface area contributed by atoms with Crippen molar-refractivity contribution in [1.82, 2.24) is 19.1 Å². The first-order chi connectivity index (χ1) is 12.1. The minimum atomic E-state index is -0.442. The fourth-order valence-electron chi connectivity index (χ4n) is 2.96. The molecule has 0 saturated carbocycles. The highest BCUT2D eigenvalue weighted by molar-refractivity contribution is 5.58. The number of anilines is 1. The van der Waals surface area contributed by atoms with E-state index in [1.165, 1.54) is 11.6 Å². The van der Waals surface area contributed by atoms with E-state index in [1.807, 2.05) is 24.5 Å². The Morgan fingerprint density at radius 2 is 1.80 bits per heavy atom. The number of hydrogen-bond acceptors (Lipinski definition) is 6. The molecule has 9 nitrogen and oxygen atoms in total. The molecule has 1 aromatic rings. The normalized spacial score (nSPS) is 15.0. The molecular weight excluding hydrogens is 324 g/mol. The molecule has 3 aliphatic rings. The minimum absolute atomic E-state index is 0.185. The first kappa shape index (κ1) is 15.6. The largest absolute Gasteiger partial charge is 0.857 e. The standard InChI is InChI=1S/C16H18N6O3/c1-19-13-12(14(23)20(2)16(19)24)17-15(18-13)22-5-3-11(4-6-22)21-7-9-25-10-8-21/h3-6H,7-10H2,1-2H3. The third kappa shape index (κ3) is 2.52. The summed E-state index contributed by atoms with van der Waals surface area (Å²) in [6.45, 7) is 3.17. The predicted octanol–water partition coefficient (Wildman–Crippen LogP) is -1.19. The molecule has 0 atom stereocenters.